The van der Waals surface area contributed by atoms with Gasteiger partial charge < -0.3 is 20.5 Å². The second-order valence-corrected chi connectivity index (χ2v) is 7.25. The first-order valence-electron chi connectivity index (χ1n) is 10.1. The summed E-state index contributed by atoms with van der Waals surface area (Å²) in [6, 6.07) is 22.1. The van der Waals surface area contributed by atoms with E-state index in [0.717, 1.165) is 11.1 Å². The maximum absolute atomic E-state index is 12.6. The summed E-state index contributed by atoms with van der Waals surface area (Å²) in [5.41, 5.74) is 2.51. The Morgan fingerprint density at radius 2 is 1.62 bits per heavy atom. The molecule has 0 bridgehead atoms. The fourth-order valence-corrected chi connectivity index (χ4v) is 3.08. The summed E-state index contributed by atoms with van der Waals surface area (Å²) < 4.78 is 5.74. The number of nitrogens with one attached hydrogen (secondary N) is 2. The fourth-order valence-electron chi connectivity index (χ4n) is 3.08. The van der Waals surface area contributed by atoms with Gasteiger partial charge in [-0.05, 0) is 41.5 Å². The minimum Gasteiger partial charge on any atom is -0.489 e. The summed E-state index contributed by atoms with van der Waals surface area (Å²) in [7, 11) is 0. The van der Waals surface area contributed by atoms with Crippen LogP contribution in [0.25, 0.3) is 0 Å². The first-order valence-corrected chi connectivity index (χ1v) is 10.1. The van der Waals surface area contributed by atoms with Crippen molar-refractivity contribution in [3.05, 3.63) is 95.6 Å². The number of carboxylic acids is 1. The van der Waals surface area contributed by atoms with Crippen molar-refractivity contribution in [3.63, 3.8) is 0 Å². The van der Waals surface area contributed by atoms with Crippen molar-refractivity contribution in [3.8, 4) is 5.75 Å². The second-order valence-electron chi connectivity index (χ2n) is 7.25. The molecule has 3 aromatic carbocycles. The van der Waals surface area contributed by atoms with Crippen molar-refractivity contribution < 1.29 is 24.2 Å². The third-order valence-electron chi connectivity index (χ3n) is 4.66. The zero-order chi connectivity index (χ0) is 22.9. The van der Waals surface area contributed by atoms with Crippen molar-refractivity contribution in [2.45, 2.75) is 26.0 Å². The van der Waals surface area contributed by atoms with E-state index in [2.05, 4.69) is 10.6 Å². The summed E-state index contributed by atoms with van der Waals surface area (Å²) in [5, 5.41) is 14.7. The molecule has 0 unspecified atom stereocenters. The number of ether oxygens (including phenoxy) is 1. The molecule has 7 heteroatoms. The average molecular weight is 432 g/mol. The minimum absolute atomic E-state index is 0.116. The molecule has 2 amide bonds. The maximum Gasteiger partial charge on any atom is 0.326 e. The lowest BCUT2D eigenvalue weighted by Crippen LogP contribution is -2.42. The van der Waals surface area contributed by atoms with Crippen LogP contribution in [0, 0.1) is 0 Å². The van der Waals surface area contributed by atoms with Gasteiger partial charge in [0.15, 0.2) is 0 Å². The molecule has 3 aromatic rings. The van der Waals surface area contributed by atoms with Crippen LogP contribution >= 0.6 is 0 Å². The van der Waals surface area contributed by atoms with Crippen molar-refractivity contribution in [2.75, 3.05) is 5.32 Å². The third-order valence-corrected chi connectivity index (χ3v) is 4.66. The predicted octanol–water partition coefficient (Wildman–Crippen LogP) is 3.65. The van der Waals surface area contributed by atoms with Gasteiger partial charge in [-0.25, -0.2) is 4.79 Å². The number of anilines is 1. The van der Waals surface area contributed by atoms with Crippen molar-refractivity contribution >= 4 is 23.5 Å². The molecule has 164 valence electrons. The van der Waals surface area contributed by atoms with E-state index in [1.54, 1.807) is 42.5 Å². The first kappa shape index (κ1) is 22.6. The van der Waals surface area contributed by atoms with Crippen LogP contribution in [0.1, 0.15) is 28.4 Å². The van der Waals surface area contributed by atoms with Gasteiger partial charge in [-0.3, -0.25) is 9.59 Å². The number of carbonyl (C=O) groups is 3. The van der Waals surface area contributed by atoms with E-state index >= 15 is 0 Å². The van der Waals surface area contributed by atoms with E-state index in [4.69, 9.17) is 4.74 Å². The van der Waals surface area contributed by atoms with Gasteiger partial charge in [-0.1, -0.05) is 48.5 Å². The summed E-state index contributed by atoms with van der Waals surface area (Å²) in [5.74, 6) is -1.27. The molecule has 3 N–H and O–H groups in total. The summed E-state index contributed by atoms with van der Waals surface area (Å²) in [6.45, 7) is 1.80. The molecule has 0 heterocycles. The quantitative estimate of drug-likeness (QED) is 0.479. The molecule has 0 aliphatic heterocycles. The molecule has 0 radical (unpaired) electrons. The molecule has 0 aliphatic carbocycles. The highest BCUT2D eigenvalue weighted by atomic mass is 16.5. The molecule has 1 atom stereocenters. The Kier molecular flexibility index (Phi) is 7.59. The van der Waals surface area contributed by atoms with Crippen LogP contribution in [-0.4, -0.2) is 28.9 Å². The van der Waals surface area contributed by atoms with Crippen LogP contribution in [0.5, 0.6) is 5.75 Å². The summed E-state index contributed by atoms with van der Waals surface area (Å²) in [6.07, 6.45) is 0.116. The van der Waals surface area contributed by atoms with Crippen molar-refractivity contribution in [1.82, 2.24) is 5.32 Å². The van der Waals surface area contributed by atoms with E-state index in [9.17, 15) is 19.5 Å². The van der Waals surface area contributed by atoms with Gasteiger partial charge in [0.05, 0.1) is 0 Å². The monoisotopic (exact) mass is 432 g/mol. The average Bonchev–Trinajstić information content (AvgIpc) is 2.78. The van der Waals surface area contributed by atoms with E-state index < -0.39 is 17.9 Å². The molecular formula is C25H24N2O5. The maximum atomic E-state index is 12.6. The third kappa shape index (κ3) is 6.70. The Morgan fingerprint density at radius 1 is 0.906 bits per heavy atom. The Hall–Kier alpha value is -4.13. The molecule has 0 saturated carbocycles. The number of hydrogen-bond donors (Lipinski definition) is 3. The van der Waals surface area contributed by atoms with Crippen LogP contribution < -0.4 is 15.4 Å². The van der Waals surface area contributed by atoms with Gasteiger partial charge in [-0.2, -0.15) is 0 Å². The number of carboxylic acid groups (broad SMARTS) is 1. The van der Waals surface area contributed by atoms with Crippen LogP contribution in [0.2, 0.25) is 0 Å². The number of amides is 2. The molecule has 0 aromatic heterocycles. The number of rotatable bonds is 9. The topological polar surface area (TPSA) is 105 Å². The van der Waals surface area contributed by atoms with Crippen LogP contribution in [0.15, 0.2) is 78.9 Å². The van der Waals surface area contributed by atoms with E-state index in [-0.39, 0.29) is 17.9 Å². The second kappa shape index (κ2) is 10.8. The van der Waals surface area contributed by atoms with Crippen LogP contribution in [-0.2, 0) is 22.6 Å². The smallest absolute Gasteiger partial charge is 0.326 e. The van der Waals surface area contributed by atoms with E-state index in [1.165, 1.54) is 13.0 Å². The predicted molar refractivity (Wildman–Crippen MR) is 121 cm³/mol. The molecule has 0 spiro atoms. The Labute approximate surface area is 186 Å². The van der Waals surface area contributed by atoms with Crippen molar-refractivity contribution in [1.29, 1.82) is 0 Å². The van der Waals surface area contributed by atoms with Crippen LogP contribution in [0.4, 0.5) is 5.69 Å². The zero-order valence-corrected chi connectivity index (χ0v) is 17.6. The molecule has 32 heavy (non-hydrogen) atoms. The lowest BCUT2D eigenvalue weighted by atomic mass is 10.0. The number of carbonyl (C=O) groups excluding carboxylic acids is 2. The highest BCUT2D eigenvalue weighted by Crippen LogP contribution is 2.16. The van der Waals surface area contributed by atoms with Gasteiger partial charge in [0.2, 0.25) is 5.91 Å². The Morgan fingerprint density at radius 3 is 2.28 bits per heavy atom. The first-order chi connectivity index (χ1) is 15.4. The zero-order valence-electron chi connectivity index (χ0n) is 17.6. The van der Waals surface area contributed by atoms with Gasteiger partial charge in [0.25, 0.3) is 5.91 Å². The Bertz CT molecular complexity index is 1080. The van der Waals surface area contributed by atoms with Crippen molar-refractivity contribution in [2.24, 2.45) is 0 Å². The molecule has 0 fully saturated rings. The number of hydrogen-bond acceptors (Lipinski definition) is 4. The summed E-state index contributed by atoms with van der Waals surface area (Å²) in [4.78, 5) is 35.5. The number of aliphatic carboxylic acids is 1. The van der Waals surface area contributed by atoms with Gasteiger partial charge in [-0.15, -0.1) is 0 Å². The molecule has 0 aliphatic rings. The standard InChI is InChI=1S/C25H24N2O5/c1-17(28)26-21-9-5-8-20(15-21)24(29)27-23(25(30)31)14-18-10-12-22(13-11-18)32-16-19-6-3-2-4-7-19/h2-13,15,23H,14,16H2,1H3,(H,26,28)(H,27,29)(H,30,31)/t23-/m0/s1. The fraction of sp³-hybridized carbons (Fsp3) is 0.160. The van der Waals surface area contributed by atoms with E-state index in [0.29, 0.717) is 18.0 Å². The molecular weight excluding hydrogens is 408 g/mol. The lowest BCUT2D eigenvalue weighted by molar-refractivity contribution is -0.139. The molecule has 3 rings (SSSR count). The van der Waals surface area contributed by atoms with Crippen LogP contribution in [0.3, 0.4) is 0 Å². The van der Waals surface area contributed by atoms with Gasteiger partial charge >= 0.3 is 5.97 Å². The van der Waals surface area contributed by atoms with Gasteiger partial charge in [0, 0.05) is 24.6 Å². The Balaban J connectivity index is 1.60. The molecule has 7 nitrogen and oxygen atoms in total. The highest BCUT2D eigenvalue weighted by Gasteiger charge is 2.21. The SMILES string of the molecule is CC(=O)Nc1cccc(C(=O)N[C@@H](Cc2ccc(OCc3ccccc3)cc2)C(=O)O)c1. The highest BCUT2D eigenvalue weighted by molar-refractivity contribution is 5.98. The van der Waals surface area contributed by atoms with Gasteiger partial charge in [0.1, 0.15) is 18.4 Å². The lowest BCUT2D eigenvalue weighted by Gasteiger charge is -2.15. The summed E-state index contributed by atoms with van der Waals surface area (Å²) >= 11 is 0. The molecule has 0 saturated heterocycles. The minimum atomic E-state index is -1.14. The normalized spacial score (nSPS) is 11.3. The van der Waals surface area contributed by atoms with E-state index in [1.807, 2.05) is 30.3 Å². The number of benzene rings is 3. The largest absolute Gasteiger partial charge is 0.489 e.